The number of likely N-dealkylation sites (tertiary alicyclic amines) is 1. The van der Waals surface area contributed by atoms with Crippen molar-refractivity contribution in [1.29, 1.82) is 0 Å². The molecule has 2 atom stereocenters. The number of nitrogens with one attached hydrogen (secondary N) is 1. The number of nitrogens with zero attached hydrogens (tertiary/aromatic N) is 3. The summed E-state index contributed by atoms with van der Waals surface area (Å²) in [4.78, 5) is 6.34. The molecule has 1 aromatic heterocycles. The molecule has 1 fully saturated rings. The molecule has 2 unspecified atom stereocenters. The average molecular weight is 441 g/mol. The number of hydrogen-bond donors (Lipinski definition) is 1. The van der Waals surface area contributed by atoms with Gasteiger partial charge in [-0.15, -0.1) is 0 Å². The maximum atomic E-state index is 14.0. The van der Waals surface area contributed by atoms with Crippen LogP contribution in [-0.2, 0) is 19.4 Å². The van der Waals surface area contributed by atoms with Gasteiger partial charge in [0.05, 0.1) is 18.3 Å². The quantitative estimate of drug-likeness (QED) is 0.708. The van der Waals surface area contributed by atoms with Gasteiger partial charge >= 0.3 is 6.18 Å². The highest BCUT2D eigenvalue weighted by atomic mass is 35.5. The van der Waals surface area contributed by atoms with E-state index in [-0.39, 0.29) is 24.2 Å². The van der Waals surface area contributed by atoms with Gasteiger partial charge in [-0.3, -0.25) is 10.2 Å². The van der Waals surface area contributed by atoms with Crippen molar-refractivity contribution >= 4 is 11.6 Å². The Hall–Kier alpha value is -1.57. The predicted octanol–water partition coefficient (Wildman–Crippen LogP) is 5.24. The lowest BCUT2D eigenvalue weighted by Gasteiger charge is -2.34. The summed E-state index contributed by atoms with van der Waals surface area (Å²) in [6.07, 6.45) is -1.33. The Labute approximate surface area is 180 Å². The molecule has 0 radical (unpaired) electrons. The highest BCUT2D eigenvalue weighted by Gasteiger charge is 2.42. The van der Waals surface area contributed by atoms with Crippen LogP contribution in [0.2, 0.25) is 5.02 Å². The van der Waals surface area contributed by atoms with Gasteiger partial charge in [0.15, 0.2) is 5.69 Å². The summed E-state index contributed by atoms with van der Waals surface area (Å²) in [5.41, 5.74) is 2.36. The molecule has 0 spiro atoms. The van der Waals surface area contributed by atoms with E-state index >= 15 is 0 Å². The summed E-state index contributed by atoms with van der Waals surface area (Å²) in [5, 5.41) is 3.87. The number of halogens is 4. The third-order valence-corrected chi connectivity index (χ3v) is 6.74. The van der Waals surface area contributed by atoms with Crippen molar-refractivity contribution in [3.63, 3.8) is 0 Å². The topological polar surface area (TPSA) is 33.1 Å². The molecule has 3 heterocycles. The molecule has 0 aliphatic carbocycles. The van der Waals surface area contributed by atoms with Gasteiger partial charge in [-0.25, -0.2) is 4.98 Å². The number of piperidine rings is 1. The van der Waals surface area contributed by atoms with E-state index in [4.69, 9.17) is 11.6 Å². The molecule has 2 aliphatic rings. The molecule has 4 nitrogen and oxygen atoms in total. The zero-order chi connectivity index (χ0) is 21.6. The number of alkyl halides is 3. The highest BCUT2D eigenvalue weighted by Crippen LogP contribution is 2.39. The van der Waals surface area contributed by atoms with Crippen LogP contribution < -0.4 is 5.32 Å². The molecule has 0 amide bonds. The lowest BCUT2D eigenvalue weighted by Crippen LogP contribution is -2.39. The van der Waals surface area contributed by atoms with Crippen LogP contribution in [0.1, 0.15) is 66.0 Å². The molecule has 30 heavy (non-hydrogen) atoms. The normalized spacial score (nSPS) is 22.9. The molecule has 0 saturated carbocycles. The number of fused-ring (bicyclic) bond motifs is 1. The minimum absolute atomic E-state index is 0.254. The number of aryl methyl sites for hydroxylation is 2. The summed E-state index contributed by atoms with van der Waals surface area (Å²) < 4.78 is 43.7. The van der Waals surface area contributed by atoms with Crippen molar-refractivity contribution in [3.05, 3.63) is 51.1 Å². The van der Waals surface area contributed by atoms with Crippen LogP contribution in [-0.4, -0.2) is 33.6 Å². The molecule has 2 aliphatic heterocycles. The van der Waals surface area contributed by atoms with Crippen molar-refractivity contribution < 1.29 is 13.2 Å². The van der Waals surface area contributed by atoms with Gasteiger partial charge in [-0.05, 0) is 62.9 Å². The second-order valence-corrected chi connectivity index (χ2v) is 9.06. The van der Waals surface area contributed by atoms with Gasteiger partial charge in [-0.1, -0.05) is 24.1 Å². The van der Waals surface area contributed by atoms with E-state index in [1.165, 1.54) is 0 Å². The Bertz CT molecular complexity index is 914. The summed E-state index contributed by atoms with van der Waals surface area (Å²) in [6, 6.07) is 4.16. The Kier molecular flexibility index (Phi) is 5.90. The number of imidazole rings is 1. The largest absolute Gasteiger partial charge is 0.435 e. The fourth-order valence-corrected chi connectivity index (χ4v) is 5.38. The van der Waals surface area contributed by atoms with Crippen molar-refractivity contribution in [1.82, 2.24) is 19.8 Å². The fraction of sp³-hybridized carbons (Fsp3) is 0.591. The van der Waals surface area contributed by atoms with Gasteiger partial charge in [0.1, 0.15) is 5.82 Å². The van der Waals surface area contributed by atoms with Crippen LogP contribution in [0.4, 0.5) is 13.2 Å². The number of rotatable bonds is 3. The second-order valence-electron chi connectivity index (χ2n) is 8.65. The van der Waals surface area contributed by atoms with Crippen LogP contribution in [0.5, 0.6) is 0 Å². The van der Waals surface area contributed by atoms with Crippen LogP contribution >= 0.6 is 11.6 Å². The van der Waals surface area contributed by atoms with E-state index in [1.54, 1.807) is 4.57 Å². The first kappa shape index (κ1) is 21.7. The number of benzene rings is 1. The minimum atomic E-state index is -4.49. The summed E-state index contributed by atoms with van der Waals surface area (Å²) >= 11 is 6.55. The first-order valence-electron chi connectivity index (χ1n) is 10.5. The first-order chi connectivity index (χ1) is 14.2. The van der Waals surface area contributed by atoms with E-state index in [0.29, 0.717) is 24.1 Å². The van der Waals surface area contributed by atoms with Crippen molar-refractivity contribution in [3.8, 4) is 0 Å². The standard InChI is InChI=1S/C22H28ClF3N4/c1-13-8-14(2)19(17(23)9-13)16-10-27-12-30-18(11-29-7-5-4-6-15(29)3)20(22(24,25)26)28-21(16)30/h8-9,15-16,27H,4-7,10-12H2,1-3H3. The lowest BCUT2D eigenvalue weighted by molar-refractivity contribution is -0.142. The second kappa shape index (κ2) is 8.17. The molecule has 164 valence electrons. The summed E-state index contributed by atoms with van der Waals surface area (Å²) in [7, 11) is 0. The number of aromatic nitrogens is 2. The Morgan fingerprint density at radius 1 is 1.23 bits per heavy atom. The lowest BCUT2D eigenvalue weighted by atomic mass is 9.91. The first-order valence-corrected chi connectivity index (χ1v) is 10.9. The van der Waals surface area contributed by atoms with Crippen molar-refractivity contribution in [2.75, 3.05) is 13.1 Å². The average Bonchev–Trinajstić information content (AvgIpc) is 3.03. The molecule has 4 rings (SSSR count). The molecule has 8 heteroatoms. The smallest absolute Gasteiger partial charge is 0.316 e. The molecular formula is C22H28ClF3N4. The monoisotopic (exact) mass is 440 g/mol. The van der Waals surface area contributed by atoms with Crippen LogP contribution in [0.3, 0.4) is 0 Å². The predicted molar refractivity (Wildman–Crippen MR) is 112 cm³/mol. The molecule has 1 aromatic carbocycles. The van der Waals surface area contributed by atoms with Gasteiger partial charge in [0.2, 0.25) is 0 Å². The zero-order valence-corrected chi connectivity index (χ0v) is 18.4. The SMILES string of the molecule is Cc1cc(C)c(C2CNCn3c2nc(C(F)(F)F)c3CN2CCCCC2C)c(Cl)c1. The molecular weight excluding hydrogens is 413 g/mol. The molecule has 1 saturated heterocycles. The third-order valence-electron chi connectivity index (χ3n) is 6.42. The summed E-state index contributed by atoms with van der Waals surface area (Å²) in [6.45, 7) is 7.93. The molecule has 2 aromatic rings. The Morgan fingerprint density at radius 2 is 2.00 bits per heavy atom. The van der Waals surface area contributed by atoms with Crippen LogP contribution in [0.15, 0.2) is 12.1 Å². The molecule has 1 N–H and O–H groups in total. The van der Waals surface area contributed by atoms with Gasteiger partial charge in [0, 0.05) is 24.2 Å². The molecule has 0 bridgehead atoms. The number of hydrogen-bond acceptors (Lipinski definition) is 3. The van der Waals surface area contributed by atoms with Gasteiger partial charge in [0.25, 0.3) is 0 Å². The maximum absolute atomic E-state index is 14.0. The van der Waals surface area contributed by atoms with E-state index < -0.39 is 11.9 Å². The maximum Gasteiger partial charge on any atom is 0.435 e. The van der Waals surface area contributed by atoms with E-state index in [2.05, 4.69) is 22.1 Å². The van der Waals surface area contributed by atoms with E-state index in [9.17, 15) is 13.2 Å². The van der Waals surface area contributed by atoms with E-state index in [0.717, 1.165) is 42.5 Å². The minimum Gasteiger partial charge on any atom is -0.316 e. The third kappa shape index (κ3) is 3.99. The van der Waals surface area contributed by atoms with Crippen molar-refractivity contribution in [2.24, 2.45) is 0 Å². The Balaban J connectivity index is 1.80. The highest BCUT2D eigenvalue weighted by molar-refractivity contribution is 6.31. The van der Waals surface area contributed by atoms with Crippen molar-refractivity contribution in [2.45, 2.75) is 71.4 Å². The fourth-order valence-electron chi connectivity index (χ4n) is 4.93. The van der Waals surface area contributed by atoms with Crippen LogP contribution in [0, 0.1) is 13.8 Å². The van der Waals surface area contributed by atoms with E-state index in [1.807, 2.05) is 26.0 Å². The summed E-state index contributed by atoms with van der Waals surface area (Å²) in [5.74, 6) is 0.134. The Morgan fingerprint density at radius 3 is 2.67 bits per heavy atom. The van der Waals surface area contributed by atoms with Gasteiger partial charge < -0.3 is 4.57 Å². The zero-order valence-electron chi connectivity index (χ0n) is 17.6. The van der Waals surface area contributed by atoms with Crippen LogP contribution in [0.25, 0.3) is 0 Å². The van der Waals surface area contributed by atoms with Gasteiger partial charge in [-0.2, -0.15) is 13.2 Å².